The first kappa shape index (κ1) is 28.5. The number of hydrogen-bond acceptors (Lipinski definition) is 7. The van der Waals surface area contributed by atoms with Crippen LogP contribution < -0.4 is 15.8 Å². The summed E-state index contributed by atoms with van der Waals surface area (Å²) in [5, 5.41) is 13.7. The Labute approximate surface area is 255 Å². The topological polar surface area (TPSA) is 110 Å². The molecule has 0 bridgehead atoms. The summed E-state index contributed by atoms with van der Waals surface area (Å²) in [4.78, 5) is 40.1. The number of anilines is 3. The van der Waals surface area contributed by atoms with Crippen molar-refractivity contribution in [2.45, 2.75) is 38.1 Å². The zero-order valence-corrected chi connectivity index (χ0v) is 24.9. The molecule has 5 heterocycles. The molecule has 1 saturated heterocycles. The Hall–Kier alpha value is -4.22. The number of pyridine rings is 2. The van der Waals surface area contributed by atoms with Gasteiger partial charge in [0.05, 0.1) is 18.5 Å². The number of aromatic amines is 1. The summed E-state index contributed by atoms with van der Waals surface area (Å²) >= 11 is 0. The Balaban J connectivity index is 1.12. The number of nitrogens with one attached hydrogen (secondary N) is 2. The van der Waals surface area contributed by atoms with Crippen LogP contribution in [0.1, 0.15) is 46.1 Å². The summed E-state index contributed by atoms with van der Waals surface area (Å²) in [6, 6.07) is 7.49. The van der Waals surface area contributed by atoms with Gasteiger partial charge in [0.15, 0.2) is 0 Å². The normalized spacial score (nSPS) is 22.3. The molecule has 2 aliphatic carbocycles. The minimum Gasteiger partial charge on any atom is -0.396 e. The first-order valence-corrected chi connectivity index (χ1v) is 15.5. The molecule has 1 fully saturated rings. The van der Waals surface area contributed by atoms with Crippen LogP contribution in [0.15, 0.2) is 65.1 Å². The molecule has 1 amide bonds. The van der Waals surface area contributed by atoms with Crippen LogP contribution in [-0.2, 0) is 19.4 Å². The van der Waals surface area contributed by atoms with Crippen LogP contribution >= 0.6 is 0 Å². The van der Waals surface area contributed by atoms with Crippen molar-refractivity contribution in [2.75, 3.05) is 56.6 Å². The van der Waals surface area contributed by atoms with Crippen LogP contribution in [0, 0.1) is 5.92 Å². The van der Waals surface area contributed by atoms with E-state index in [-0.39, 0.29) is 23.8 Å². The number of aliphatic hydroxyl groups is 1. The molecule has 11 heteroatoms. The number of allylic oxidation sites excluding steroid dienone is 3. The zero-order valence-electron chi connectivity index (χ0n) is 24.9. The first-order chi connectivity index (χ1) is 21.4. The van der Waals surface area contributed by atoms with Gasteiger partial charge in [0.25, 0.3) is 11.5 Å². The molecule has 2 unspecified atom stereocenters. The van der Waals surface area contributed by atoms with Crippen molar-refractivity contribution in [1.82, 2.24) is 24.3 Å². The van der Waals surface area contributed by atoms with Gasteiger partial charge in [-0.2, -0.15) is 0 Å². The molecular formula is C33H38FN7O3. The van der Waals surface area contributed by atoms with E-state index < -0.39 is 17.7 Å². The van der Waals surface area contributed by atoms with E-state index in [9.17, 15) is 14.7 Å². The molecule has 3 N–H and O–H groups in total. The highest BCUT2D eigenvalue weighted by Gasteiger charge is 2.38. The number of amides is 1. The second-order valence-electron chi connectivity index (χ2n) is 12.2. The van der Waals surface area contributed by atoms with Crippen LogP contribution in [0.5, 0.6) is 0 Å². The van der Waals surface area contributed by atoms with Gasteiger partial charge in [-0.1, -0.05) is 0 Å². The molecule has 4 aliphatic rings. The minimum absolute atomic E-state index is 0.168. The molecule has 2 atom stereocenters. The third-order valence-corrected chi connectivity index (χ3v) is 9.56. The van der Waals surface area contributed by atoms with Gasteiger partial charge in [-0.15, -0.1) is 0 Å². The smallest absolute Gasteiger partial charge is 0.274 e. The highest BCUT2D eigenvalue weighted by molar-refractivity contribution is 5.95. The quantitative estimate of drug-likeness (QED) is 0.398. The molecule has 0 radical (unpaired) electrons. The molecule has 0 saturated carbocycles. The Morgan fingerprint density at radius 3 is 2.66 bits per heavy atom. The molecule has 0 aromatic carbocycles. The Morgan fingerprint density at radius 2 is 1.89 bits per heavy atom. The number of carbonyl (C=O) groups excluding carboxylic acids is 1. The lowest BCUT2D eigenvalue weighted by Gasteiger charge is -2.38. The Morgan fingerprint density at radius 1 is 1.07 bits per heavy atom. The van der Waals surface area contributed by atoms with E-state index >= 15 is 4.39 Å². The van der Waals surface area contributed by atoms with Crippen molar-refractivity contribution in [3.8, 4) is 0 Å². The highest BCUT2D eigenvalue weighted by Crippen LogP contribution is 2.40. The number of fused-ring (bicyclic) bond motifs is 3. The monoisotopic (exact) mass is 599 g/mol. The zero-order chi connectivity index (χ0) is 30.4. The van der Waals surface area contributed by atoms with Crippen molar-refractivity contribution in [2.24, 2.45) is 5.92 Å². The van der Waals surface area contributed by atoms with E-state index in [1.807, 2.05) is 18.2 Å². The second kappa shape index (κ2) is 11.7. The number of aliphatic hydroxyl groups excluding tert-OH is 1. The number of piperazine rings is 1. The SMILES string of the molecule is CN1CCN(c2ccc(Nc3cc(C4C=C(F)C=C(N5CCn6c(cc7c6CCCC7)C5=O)C4CO)c[nH]c3=O)nc2)CC1. The van der Waals surface area contributed by atoms with E-state index in [1.165, 1.54) is 23.4 Å². The van der Waals surface area contributed by atoms with Gasteiger partial charge in [0, 0.05) is 68.7 Å². The average molecular weight is 600 g/mol. The van der Waals surface area contributed by atoms with Gasteiger partial charge in [-0.25, -0.2) is 9.37 Å². The molecule has 7 rings (SSSR count). The summed E-state index contributed by atoms with van der Waals surface area (Å²) in [5.74, 6) is -1.31. The van der Waals surface area contributed by atoms with Gasteiger partial charge < -0.3 is 34.7 Å². The number of rotatable bonds is 6. The largest absolute Gasteiger partial charge is 0.396 e. The molecular weight excluding hydrogens is 561 g/mol. The van der Waals surface area contributed by atoms with Crippen LogP contribution in [0.25, 0.3) is 0 Å². The second-order valence-corrected chi connectivity index (χ2v) is 12.2. The van der Waals surface area contributed by atoms with E-state index in [0.717, 1.165) is 57.5 Å². The van der Waals surface area contributed by atoms with Gasteiger partial charge >= 0.3 is 0 Å². The van der Waals surface area contributed by atoms with E-state index in [2.05, 4.69) is 36.7 Å². The number of hydrogen-bond donors (Lipinski definition) is 3. The maximum atomic E-state index is 15.2. The minimum atomic E-state index is -0.598. The van der Waals surface area contributed by atoms with Crippen molar-refractivity contribution < 1.29 is 14.3 Å². The lowest BCUT2D eigenvalue weighted by molar-refractivity contribution is 0.0721. The van der Waals surface area contributed by atoms with Crippen molar-refractivity contribution in [3.05, 3.63) is 93.2 Å². The summed E-state index contributed by atoms with van der Waals surface area (Å²) in [6.07, 6.45) is 10.4. The summed E-state index contributed by atoms with van der Waals surface area (Å²) < 4.78 is 17.4. The number of carbonyl (C=O) groups is 1. The number of halogens is 1. The lowest BCUT2D eigenvalue weighted by atomic mass is 9.80. The van der Waals surface area contributed by atoms with Crippen molar-refractivity contribution in [1.29, 1.82) is 0 Å². The van der Waals surface area contributed by atoms with E-state index in [0.29, 0.717) is 35.9 Å². The summed E-state index contributed by atoms with van der Waals surface area (Å²) in [7, 11) is 2.11. The van der Waals surface area contributed by atoms with Gasteiger partial charge in [-0.3, -0.25) is 9.59 Å². The van der Waals surface area contributed by atoms with Crippen molar-refractivity contribution >= 4 is 23.1 Å². The number of likely N-dealkylation sites (N-methyl/N-ethyl adjacent to an activating group) is 1. The van der Waals surface area contributed by atoms with Gasteiger partial charge in [0.1, 0.15) is 23.0 Å². The van der Waals surface area contributed by atoms with Gasteiger partial charge in [0.2, 0.25) is 0 Å². The number of aryl methyl sites for hydroxylation is 1. The summed E-state index contributed by atoms with van der Waals surface area (Å²) in [5.41, 5.74) is 5.13. The third kappa shape index (κ3) is 5.24. The number of H-pyrrole nitrogens is 1. The fraction of sp³-hybridized carbons (Fsp3) is 0.424. The molecule has 44 heavy (non-hydrogen) atoms. The first-order valence-electron chi connectivity index (χ1n) is 15.5. The molecule has 10 nitrogen and oxygen atoms in total. The molecule has 0 spiro atoms. The van der Waals surface area contributed by atoms with E-state index in [4.69, 9.17) is 0 Å². The fourth-order valence-electron chi connectivity index (χ4n) is 7.10. The average Bonchev–Trinajstić information content (AvgIpc) is 3.42. The predicted octanol–water partition coefficient (Wildman–Crippen LogP) is 3.54. The van der Waals surface area contributed by atoms with Crippen LogP contribution in [0.4, 0.5) is 21.6 Å². The number of aromatic nitrogens is 3. The summed E-state index contributed by atoms with van der Waals surface area (Å²) in [6.45, 7) is 4.59. The van der Waals surface area contributed by atoms with Crippen LogP contribution in [0.2, 0.25) is 0 Å². The standard InChI is InChI=1S/C33H38FN7O3/c1-38-8-10-39(11-9-38)24-6-7-31(35-19-24)37-27-14-22(18-36-32(27)43)25-16-23(34)17-29(26(25)20-42)41-13-12-40-28-5-3-2-4-21(28)15-30(40)33(41)44/h6-7,14-19,25-26,42H,2-5,8-13,20H2,1H3,(H,35,37)(H,36,43). The highest BCUT2D eigenvalue weighted by atomic mass is 19.1. The van der Waals surface area contributed by atoms with Crippen LogP contribution in [0.3, 0.4) is 0 Å². The number of nitrogens with zero attached hydrogens (tertiary/aromatic N) is 5. The fourth-order valence-corrected chi connectivity index (χ4v) is 7.10. The van der Waals surface area contributed by atoms with E-state index in [1.54, 1.807) is 23.4 Å². The maximum absolute atomic E-state index is 15.2. The Kier molecular flexibility index (Phi) is 7.59. The lowest BCUT2D eigenvalue weighted by Crippen LogP contribution is -2.44. The maximum Gasteiger partial charge on any atom is 0.274 e. The Bertz CT molecular complexity index is 1680. The molecule has 230 valence electrons. The van der Waals surface area contributed by atoms with Crippen molar-refractivity contribution in [3.63, 3.8) is 0 Å². The molecule has 2 aliphatic heterocycles. The molecule has 3 aromatic rings. The van der Waals surface area contributed by atoms with Gasteiger partial charge in [-0.05, 0) is 80.3 Å². The third-order valence-electron chi connectivity index (χ3n) is 9.56. The predicted molar refractivity (Wildman–Crippen MR) is 167 cm³/mol. The van der Waals surface area contributed by atoms with Crippen LogP contribution in [-0.4, -0.2) is 81.7 Å². The molecule has 3 aromatic heterocycles.